The third-order valence-electron chi connectivity index (χ3n) is 4.11. The summed E-state index contributed by atoms with van der Waals surface area (Å²) < 4.78 is 7.92. The summed E-state index contributed by atoms with van der Waals surface area (Å²) in [5, 5.41) is 7.41. The Labute approximate surface area is 184 Å². The third-order valence-corrected chi connectivity index (χ3v) is 4.53. The Morgan fingerprint density at radius 3 is 2.81 bits per heavy atom. The quantitative estimate of drug-likeness (QED) is 0.351. The van der Waals surface area contributed by atoms with E-state index in [1.165, 1.54) is 0 Å². The predicted molar refractivity (Wildman–Crippen MR) is 119 cm³/mol. The molecule has 1 aliphatic heterocycles. The zero-order valence-corrected chi connectivity index (χ0v) is 19.3. The normalized spacial score (nSPS) is 15.1. The van der Waals surface area contributed by atoms with Gasteiger partial charge in [0.1, 0.15) is 12.3 Å². The first kappa shape index (κ1) is 21.7. The fourth-order valence-electron chi connectivity index (χ4n) is 2.86. The molecule has 2 aromatic rings. The summed E-state index contributed by atoms with van der Waals surface area (Å²) in [5.41, 5.74) is 0.836. The van der Waals surface area contributed by atoms with Crippen LogP contribution in [0.5, 0.6) is 0 Å². The van der Waals surface area contributed by atoms with Crippen LogP contribution in [0.3, 0.4) is 0 Å². The first-order chi connectivity index (χ1) is 12.6. The highest BCUT2D eigenvalue weighted by atomic mass is 127. The molecule has 148 valence electrons. The molecule has 27 heavy (non-hydrogen) atoms. The number of nitrogens with one attached hydrogen (secondary N) is 1. The van der Waals surface area contributed by atoms with Crippen molar-refractivity contribution in [1.29, 1.82) is 0 Å². The van der Waals surface area contributed by atoms with Crippen molar-refractivity contribution < 1.29 is 9.21 Å². The lowest BCUT2D eigenvalue weighted by atomic mass is 10.3. The molecule has 0 bridgehead atoms. The molecule has 0 atom stereocenters. The number of nitrogens with zero attached hydrogens (tertiary/aromatic N) is 5. The van der Waals surface area contributed by atoms with Crippen LogP contribution < -0.4 is 10.2 Å². The van der Waals surface area contributed by atoms with E-state index in [4.69, 9.17) is 4.42 Å². The van der Waals surface area contributed by atoms with Crippen molar-refractivity contribution in [1.82, 2.24) is 20.0 Å². The summed E-state index contributed by atoms with van der Waals surface area (Å²) in [7, 11) is 1.84. The van der Waals surface area contributed by atoms with E-state index in [9.17, 15) is 4.79 Å². The molecule has 8 nitrogen and oxygen atoms in total. The second kappa shape index (κ2) is 10.1. The van der Waals surface area contributed by atoms with E-state index in [2.05, 4.69) is 31.3 Å². The fourth-order valence-corrected chi connectivity index (χ4v) is 3.20. The Bertz CT molecular complexity index is 790. The van der Waals surface area contributed by atoms with Crippen molar-refractivity contribution in [2.24, 2.45) is 12.0 Å². The number of amides is 1. The molecule has 1 fully saturated rings. The number of aryl methyl sites for hydroxylation is 1. The number of guanidine groups is 1. The SMILES string of the molecule is CCNC(=NCCc1ccc(Br)o1)N1CCN(c2cnn(C)c2)C(=O)C1.I. The van der Waals surface area contributed by atoms with Crippen molar-refractivity contribution in [3.05, 3.63) is 35.0 Å². The standard InChI is InChI=1S/C17H23BrN6O2.HI/c1-3-19-17(20-7-6-14-4-5-15(18)26-14)23-8-9-24(16(25)12-23)13-10-21-22(2)11-13;/h4-5,10-11H,3,6-9,12H2,1-2H3,(H,19,20);1H. The molecule has 1 aliphatic rings. The van der Waals surface area contributed by atoms with Gasteiger partial charge in [-0.2, -0.15) is 5.10 Å². The van der Waals surface area contributed by atoms with Gasteiger partial charge in [-0.25, -0.2) is 0 Å². The Balaban J connectivity index is 0.00000261. The van der Waals surface area contributed by atoms with Gasteiger partial charge in [-0.15, -0.1) is 24.0 Å². The predicted octanol–water partition coefficient (Wildman–Crippen LogP) is 2.25. The molecule has 0 radical (unpaired) electrons. The summed E-state index contributed by atoms with van der Waals surface area (Å²) in [6.45, 7) is 5.00. The Hall–Kier alpha value is -1.56. The Morgan fingerprint density at radius 2 is 2.22 bits per heavy atom. The van der Waals surface area contributed by atoms with E-state index in [-0.39, 0.29) is 29.9 Å². The van der Waals surface area contributed by atoms with Crippen LogP contribution in [0, 0.1) is 0 Å². The van der Waals surface area contributed by atoms with Crippen LogP contribution in [0.1, 0.15) is 12.7 Å². The highest BCUT2D eigenvalue weighted by molar-refractivity contribution is 14.0. The molecule has 10 heteroatoms. The van der Waals surface area contributed by atoms with Crippen molar-refractivity contribution in [2.45, 2.75) is 13.3 Å². The first-order valence-corrected chi connectivity index (χ1v) is 9.42. The number of rotatable bonds is 5. The number of hydrogen-bond donors (Lipinski definition) is 1. The average molecular weight is 551 g/mol. The summed E-state index contributed by atoms with van der Waals surface area (Å²) >= 11 is 3.30. The molecular formula is C17H24BrIN6O2. The summed E-state index contributed by atoms with van der Waals surface area (Å²) in [5.74, 6) is 1.69. The Morgan fingerprint density at radius 1 is 1.41 bits per heavy atom. The zero-order chi connectivity index (χ0) is 18.5. The molecule has 0 aromatic carbocycles. The molecular weight excluding hydrogens is 527 g/mol. The van der Waals surface area contributed by atoms with Crippen LogP contribution in [0.15, 0.2) is 38.6 Å². The van der Waals surface area contributed by atoms with Crippen LogP contribution in [-0.4, -0.2) is 59.3 Å². The third kappa shape index (κ3) is 5.71. The molecule has 0 unspecified atom stereocenters. The highest BCUT2D eigenvalue weighted by Gasteiger charge is 2.27. The van der Waals surface area contributed by atoms with Crippen LogP contribution in [0.4, 0.5) is 5.69 Å². The lowest BCUT2D eigenvalue weighted by molar-refractivity contribution is -0.120. The molecule has 3 heterocycles. The molecule has 1 saturated heterocycles. The topological polar surface area (TPSA) is 78.9 Å². The highest BCUT2D eigenvalue weighted by Crippen LogP contribution is 2.16. The molecule has 0 aliphatic carbocycles. The van der Waals surface area contributed by atoms with Gasteiger partial charge < -0.3 is 19.5 Å². The number of aliphatic imine (C=N–C) groups is 1. The van der Waals surface area contributed by atoms with E-state index in [1.807, 2.05) is 37.2 Å². The zero-order valence-electron chi connectivity index (χ0n) is 15.4. The van der Waals surface area contributed by atoms with Gasteiger partial charge in [0, 0.05) is 45.8 Å². The summed E-state index contributed by atoms with van der Waals surface area (Å²) in [6.07, 6.45) is 4.28. The van der Waals surface area contributed by atoms with Gasteiger partial charge >= 0.3 is 0 Å². The number of hydrogen-bond acceptors (Lipinski definition) is 4. The van der Waals surface area contributed by atoms with Gasteiger partial charge in [0.15, 0.2) is 10.6 Å². The van der Waals surface area contributed by atoms with E-state index < -0.39 is 0 Å². The second-order valence-electron chi connectivity index (χ2n) is 6.03. The molecule has 3 rings (SSSR count). The number of anilines is 1. The average Bonchev–Trinajstić information content (AvgIpc) is 3.22. The smallest absolute Gasteiger partial charge is 0.246 e. The van der Waals surface area contributed by atoms with E-state index in [1.54, 1.807) is 15.8 Å². The molecule has 1 amide bonds. The minimum Gasteiger partial charge on any atom is -0.454 e. The minimum absolute atomic E-state index is 0. The number of carbonyl (C=O) groups is 1. The summed E-state index contributed by atoms with van der Waals surface area (Å²) in [6, 6.07) is 3.81. The van der Waals surface area contributed by atoms with E-state index >= 15 is 0 Å². The largest absolute Gasteiger partial charge is 0.454 e. The van der Waals surface area contributed by atoms with Crippen molar-refractivity contribution >= 4 is 57.5 Å². The lowest BCUT2D eigenvalue weighted by Gasteiger charge is -2.35. The van der Waals surface area contributed by atoms with E-state index in [0.29, 0.717) is 26.1 Å². The molecule has 0 saturated carbocycles. The van der Waals surface area contributed by atoms with Crippen molar-refractivity contribution in [3.8, 4) is 0 Å². The van der Waals surface area contributed by atoms with Gasteiger partial charge in [0.25, 0.3) is 0 Å². The minimum atomic E-state index is 0. The van der Waals surface area contributed by atoms with Crippen molar-refractivity contribution in [2.75, 3.05) is 37.6 Å². The fraction of sp³-hybridized carbons (Fsp3) is 0.471. The van der Waals surface area contributed by atoms with Gasteiger partial charge in [0.05, 0.1) is 11.9 Å². The monoisotopic (exact) mass is 550 g/mol. The van der Waals surface area contributed by atoms with Crippen LogP contribution in [-0.2, 0) is 18.3 Å². The van der Waals surface area contributed by atoms with E-state index in [0.717, 1.165) is 35.2 Å². The van der Waals surface area contributed by atoms with Gasteiger partial charge in [0.2, 0.25) is 5.91 Å². The first-order valence-electron chi connectivity index (χ1n) is 8.63. The van der Waals surface area contributed by atoms with Crippen molar-refractivity contribution in [3.63, 3.8) is 0 Å². The van der Waals surface area contributed by atoms with Gasteiger partial charge in [-0.1, -0.05) is 0 Å². The second-order valence-corrected chi connectivity index (χ2v) is 6.81. The van der Waals surface area contributed by atoms with Crippen LogP contribution in [0.25, 0.3) is 0 Å². The molecule has 0 spiro atoms. The van der Waals surface area contributed by atoms with Gasteiger partial charge in [-0.05, 0) is 35.0 Å². The lowest BCUT2D eigenvalue weighted by Crippen LogP contribution is -2.55. The maximum Gasteiger partial charge on any atom is 0.246 e. The van der Waals surface area contributed by atoms with Gasteiger partial charge in [-0.3, -0.25) is 14.5 Å². The number of furan rings is 1. The Kier molecular flexibility index (Phi) is 8.14. The molecule has 1 N–H and O–H groups in total. The molecule has 2 aromatic heterocycles. The number of carbonyl (C=O) groups excluding carboxylic acids is 1. The van der Waals surface area contributed by atoms with Crippen LogP contribution in [0.2, 0.25) is 0 Å². The van der Waals surface area contributed by atoms with Crippen LogP contribution >= 0.6 is 39.9 Å². The summed E-state index contributed by atoms with van der Waals surface area (Å²) in [4.78, 5) is 21.0. The maximum absolute atomic E-state index is 12.6. The maximum atomic E-state index is 12.6. The number of aromatic nitrogens is 2. The number of halogens is 2. The number of piperazine rings is 1.